The normalized spacial score (nSPS) is 19.0. The van der Waals surface area contributed by atoms with E-state index in [9.17, 15) is 24.3 Å². The first-order valence-electron chi connectivity index (χ1n) is 10.5. The molecule has 3 amide bonds. The van der Waals surface area contributed by atoms with E-state index in [1.54, 1.807) is 37.4 Å². The smallest absolute Gasteiger partial charge is 0.326 e. The third-order valence-electron chi connectivity index (χ3n) is 5.26. The molecule has 0 aromatic rings. The third-order valence-corrected chi connectivity index (χ3v) is 6.55. The summed E-state index contributed by atoms with van der Waals surface area (Å²) in [6.45, 7) is 3.94. The van der Waals surface area contributed by atoms with Crippen LogP contribution in [0.15, 0.2) is 0 Å². The van der Waals surface area contributed by atoms with E-state index in [0.717, 1.165) is 5.75 Å². The Hall–Kier alpha value is -1.46. The number of nitrogens with two attached hydrogens (primary N) is 1. The van der Waals surface area contributed by atoms with Gasteiger partial charge in [0.15, 0.2) is 0 Å². The lowest BCUT2D eigenvalue weighted by atomic mass is 10.0. The van der Waals surface area contributed by atoms with Gasteiger partial charge in [0.1, 0.15) is 18.1 Å². The summed E-state index contributed by atoms with van der Waals surface area (Å²) >= 11 is 3.13. The number of amides is 3. The zero-order chi connectivity index (χ0) is 23.6. The third kappa shape index (κ3) is 8.53. The van der Waals surface area contributed by atoms with E-state index in [2.05, 4.69) is 10.6 Å². The van der Waals surface area contributed by atoms with Gasteiger partial charge in [0.05, 0.1) is 6.04 Å². The Morgan fingerprint density at radius 1 is 1.06 bits per heavy atom. The van der Waals surface area contributed by atoms with Gasteiger partial charge in [-0.25, -0.2) is 4.79 Å². The number of hydrogen-bond acceptors (Lipinski definition) is 7. The molecular weight excluding hydrogens is 440 g/mol. The predicted octanol–water partition coefficient (Wildman–Crippen LogP) is 0.521. The molecule has 1 saturated heterocycles. The van der Waals surface area contributed by atoms with E-state index in [0.29, 0.717) is 38.0 Å². The maximum Gasteiger partial charge on any atom is 0.326 e. The summed E-state index contributed by atoms with van der Waals surface area (Å²) in [5.74, 6) is -1.16. The summed E-state index contributed by atoms with van der Waals surface area (Å²) in [5, 5.41) is 14.9. The van der Waals surface area contributed by atoms with Crippen LogP contribution >= 0.6 is 23.5 Å². The fourth-order valence-corrected chi connectivity index (χ4v) is 4.35. The van der Waals surface area contributed by atoms with E-state index in [1.165, 1.54) is 4.90 Å². The number of rotatable bonds is 13. The maximum atomic E-state index is 13.1. The minimum Gasteiger partial charge on any atom is -0.480 e. The van der Waals surface area contributed by atoms with Gasteiger partial charge in [-0.05, 0) is 55.6 Å². The van der Waals surface area contributed by atoms with E-state index in [4.69, 9.17) is 5.73 Å². The highest BCUT2D eigenvalue weighted by molar-refractivity contribution is 7.98. The van der Waals surface area contributed by atoms with Crippen LogP contribution in [-0.4, -0.2) is 88.4 Å². The molecule has 178 valence electrons. The van der Waals surface area contributed by atoms with Crippen molar-refractivity contribution in [2.45, 2.75) is 63.7 Å². The minimum absolute atomic E-state index is 0.243. The van der Waals surface area contributed by atoms with Crippen molar-refractivity contribution in [3.05, 3.63) is 0 Å². The standard InChI is InChI=1S/C20H36N4O5S2/c1-12(2)16(19(27)24-9-5-6-15(24)20(28)29)23-18(26)14(8-11-31-4)22-17(25)13(21)7-10-30-3/h12-16H,5-11,21H2,1-4H3,(H,22,25)(H,23,26)(H,28,29). The Bertz CT molecular complexity index is 635. The second-order valence-corrected chi connectivity index (χ2v) is 9.96. The molecule has 0 spiro atoms. The van der Waals surface area contributed by atoms with Crippen LogP contribution in [0.5, 0.6) is 0 Å². The Labute approximate surface area is 193 Å². The number of carbonyl (C=O) groups excluding carboxylic acids is 3. The van der Waals surface area contributed by atoms with E-state index < -0.39 is 47.9 Å². The summed E-state index contributed by atoms with van der Waals surface area (Å²) in [6, 6.07) is -3.26. The number of hydrogen-bond donors (Lipinski definition) is 4. The average molecular weight is 477 g/mol. The quantitative estimate of drug-likeness (QED) is 0.301. The lowest BCUT2D eigenvalue weighted by Crippen LogP contribution is -2.58. The molecule has 0 saturated carbocycles. The second-order valence-electron chi connectivity index (χ2n) is 7.99. The molecule has 4 atom stereocenters. The van der Waals surface area contributed by atoms with Crippen molar-refractivity contribution in [2.24, 2.45) is 11.7 Å². The summed E-state index contributed by atoms with van der Waals surface area (Å²) in [4.78, 5) is 51.3. The predicted molar refractivity (Wildman–Crippen MR) is 125 cm³/mol. The highest BCUT2D eigenvalue weighted by atomic mass is 32.2. The summed E-state index contributed by atoms with van der Waals surface area (Å²) < 4.78 is 0. The van der Waals surface area contributed by atoms with Crippen molar-refractivity contribution in [1.82, 2.24) is 15.5 Å². The van der Waals surface area contributed by atoms with Crippen molar-refractivity contribution in [1.29, 1.82) is 0 Å². The number of carboxylic acid groups (broad SMARTS) is 1. The number of carbonyl (C=O) groups is 4. The van der Waals surface area contributed by atoms with Gasteiger partial charge in [-0.3, -0.25) is 14.4 Å². The van der Waals surface area contributed by atoms with Crippen LogP contribution in [0.4, 0.5) is 0 Å². The molecule has 1 aliphatic rings. The van der Waals surface area contributed by atoms with Gasteiger partial charge in [-0.1, -0.05) is 13.8 Å². The maximum absolute atomic E-state index is 13.1. The van der Waals surface area contributed by atoms with Crippen molar-refractivity contribution >= 4 is 47.2 Å². The minimum atomic E-state index is -1.04. The largest absolute Gasteiger partial charge is 0.480 e. The zero-order valence-electron chi connectivity index (χ0n) is 18.8. The SMILES string of the molecule is CSCCC(N)C(=O)NC(CCSC)C(=O)NC(C(=O)N1CCCC1C(=O)O)C(C)C. The molecule has 0 aliphatic carbocycles. The molecule has 0 aromatic heterocycles. The molecule has 31 heavy (non-hydrogen) atoms. The molecule has 9 nitrogen and oxygen atoms in total. The highest BCUT2D eigenvalue weighted by Gasteiger charge is 2.39. The molecule has 0 radical (unpaired) electrons. The van der Waals surface area contributed by atoms with Gasteiger partial charge in [-0.15, -0.1) is 0 Å². The average Bonchev–Trinajstić information content (AvgIpc) is 3.22. The van der Waals surface area contributed by atoms with Gasteiger partial charge >= 0.3 is 5.97 Å². The van der Waals surface area contributed by atoms with Crippen LogP contribution < -0.4 is 16.4 Å². The Morgan fingerprint density at radius 2 is 1.68 bits per heavy atom. The van der Waals surface area contributed by atoms with Crippen LogP contribution in [0.2, 0.25) is 0 Å². The number of thioether (sulfide) groups is 2. The van der Waals surface area contributed by atoms with Crippen molar-refractivity contribution in [3.63, 3.8) is 0 Å². The Balaban J connectivity index is 2.89. The summed E-state index contributed by atoms with van der Waals surface area (Å²) in [6.07, 6.45) is 5.75. The number of carboxylic acids is 1. The first kappa shape index (κ1) is 27.6. The monoisotopic (exact) mass is 476 g/mol. The number of nitrogens with one attached hydrogen (secondary N) is 2. The van der Waals surface area contributed by atoms with Crippen LogP contribution in [0, 0.1) is 5.92 Å². The van der Waals surface area contributed by atoms with Crippen LogP contribution in [-0.2, 0) is 19.2 Å². The van der Waals surface area contributed by atoms with Gasteiger partial charge < -0.3 is 26.4 Å². The van der Waals surface area contributed by atoms with Crippen molar-refractivity contribution < 1.29 is 24.3 Å². The van der Waals surface area contributed by atoms with Crippen molar-refractivity contribution in [3.8, 4) is 0 Å². The summed E-state index contributed by atoms with van der Waals surface area (Å²) in [5.41, 5.74) is 5.93. The van der Waals surface area contributed by atoms with E-state index in [-0.39, 0.29) is 5.92 Å². The second kappa shape index (κ2) is 13.8. The fraction of sp³-hybridized carbons (Fsp3) is 0.800. The van der Waals surface area contributed by atoms with Crippen LogP contribution in [0.1, 0.15) is 39.5 Å². The molecule has 1 aliphatic heterocycles. The molecule has 4 unspecified atom stereocenters. The van der Waals surface area contributed by atoms with Crippen LogP contribution in [0.25, 0.3) is 0 Å². The molecule has 0 bridgehead atoms. The molecule has 1 heterocycles. The number of aliphatic carboxylic acids is 1. The molecule has 11 heteroatoms. The lowest BCUT2D eigenvalue weighted by Gasteiger charge is -2.30. The lowest BCUT2D eigenvalue weighted by molar-refractivity contribution is -0.150. The highest BCUT2D eigenvalue weighted by Crippen LogP contribution is 2.20. The van der Waals surface area contributed by atoms with Gasteiger partial charge in [0.25, 0.3) is 0 Å². The Morgan fingerprint density at radius 3 is 2.23 bits per heavy atom. The first-order valence-corrected chi connectivity index (χ1v) is 13.3. The molecular formula is C20H36N4O5S2. The Kier molecular flexibility index (Phi) is 12.3. The van der Waals surface area contributed by atoms with Gasteiger partial charge in [0.2, 0.25) is 17.7 Å². The molecule has 0 aromatic carbocycles. The fourth-order valence-electron chi connectivity index (χ4n) is 3.39. The van der Waals surface area contributed by atoms with Gasteiger partial charge in [-0.2, -0.15) is 23.5 Å². The van der Waals surface area contributed by atoms with E-state index >= 15 is 0 Å². The van der Waals surface area contributed by atoms with E-state index in [1.807, 2.05) is 12.5 Å². The zero-order valence-corrected chi connectivity index (χ0v) is 20.4. The molecule has 1 rings (SSSR count). The molecule has 5 N–H and O–H groups in total. The topological polar surface area (TPSA) is 142 Å². The first-order chi connectivity index (χ1) is 14.6. The van der Waals surface area contributed by atoms with Crippen molar-refractivity contribution in [2.75, 3.05) is 30.6 Å². The number of likely N-dealkylation sites (tertiary alicyclic amines) is 1. The molecule has 1 fully saturated rings. The summed E-state index contributed by atoms with van der Waals surface area (Å²) in [7, 11) is 0. The van der Waals surface area contributed by atoms with Crippen LogP contribution in [0.3, 0.4) is 0 Å². The van der Waals surface area contributed by atoms with Gasteiger partial charge in [0, 0.05) is 6.54 Å². The number of nitrogens with zero attached hydrogens (tertiary/aromatic N) is 1.